The number of carbonyl (C=O) groups is 1. The van der Waals surface area contributed by atoms with Crippen molar-refractivity contribution >= 4 is 5.91 Å². The molecular weight excluding hydrogens is 576 g/mol. The second-order valence-corrected chi connectivity index (χ2v) is 13.3. The maximum absolute atomic E-state index is 12.4. The van der Waals surface area contributed by atoms with Crippen LogP contribution in [0.3, 0.4) is 0 Å². The minimum absolute atomic E-state index is 0.117. The molecule has 0 saturated carbocycles. The first-order chi connectivity index (χ1) is 22.6. The van der Waals surface area contributed by atoms with Crippen LogP contribution in [0.25, 0.3) is 0 Å². The Morgan fingerprint density at radius 2 is 0.957 bits per heavy atom. The molecule has 9 nitrogen and oxygen atoms in total. The van der Waals surface area contributed by atoms with Crippen molar-refractivity contribution in [1.29, 1.82) is 0 Å². The van der Waals surface area contributed by atoms with Crippen LogP contribution in [-0.4, -0.2) is 115 Å². The summed E-state index contributed by atoms with van der Waals surface area (Å²) in [5.74, 6) is 0.117. The van der Waals surface area contributed by atoms with E-state index >= 15 is 0 Å². The number of ether oxygens (including phenoxy) is 2. The van der Waals surface area contributed by atoms with Crippen molar-refractivity contribution in [3.63, 3.8) is 0 Å². The third kappa shape index (κ3) is 37.6. The van der Waals surface area contributed by atoms with Crippen molar-refractivity contribution in [3.05, 3.63) is 0 Å². The molecule has 0 aliphatic rings. The topological polar surface area (TPSA) is 90.1 Å². The van der Waals surface area contributed by atoms with Gasteiger partial charge in [0, 0.05) is 78.5 Å². The largest absolute Gasteiger partial charge is 0.366 e. The molecule has 0 radical (unpaired) electrons. The van der Waals surface area contributed by atoms with Gasteiger partial charge >= 0.3 is 0 Å². The molecule has 0 aromatic rings. The number of hydrogen-bond acceptors (Lipinski definition) is 8. The summed E-state index contributed by atoms with van der Waals surface area (Å²) >= 11 is 0. The van der Waals surface area contributed by atoms with Crippen LogP contribution in [0.4, 0.5) is 0 Å². The predicted octanol–water partition coefficient (Wildman–Crippen LogP) is 6.13. The van der Waals surface area contributed by atoms with Crippen LogP contribution in [0.5, 0.6) is 0 Å². The number of rotatable bonds is 39. The average Bonchev–Trinajstić information content (AvgIpc) is 3.05. The van der Waals surface area contributed by atoms with Gasteiger partial charge in [0.05, 0.1) is 13.5 Å². The Hall–Kier alpha value is -0.810. The molecule has 0 aliphatic heterocycles. The molecule has 0 heterocycles. The van der Waals surface area contributed by atoms with Crippen molar-refractivity contribution in [3.8, 4) is 0 Å². The Morgan fingerprint density at radius 3 is 1.46 bits per heavy atom. The zero-order valence-electron chi connectivity index (χ0n) is 31.2. The summed E-state index contributed by atoms with van der Waals surface area (Å²) in [6.45, 7) is 15.2. The van der Waals surface area contributed by atoms with E-state index in [4.69, 9.17) is 9.47 Å². The molecule has 1 amide bonds. The van der Waals surface area contributed by atoms with E-state index in [-0.39, 0.29) is 5.91 Å². The van der Waals surface area contributed by atoms with E-state index in [2.05, 4.69) is 59.0 Å². The van der Waals surface area contributed by atoms with E-state index in [9.17, 15) is 4.79 Å². The third-order valence-electron chi connectivity index (χ3n) is 8.42. The zero-order valence-corrected chi connectivity index (χ0v) is 31.2. The molecule has 0 aliphatic carbocycles. The summed E-state index contributed by atoms with van der Waals surface area (Å²) in [7, 11) is 4.19. The van der Waals surface area contributed by atoms with Crippen molar-refractivity contribution in [1.82, 2.24) is 31.1 Å². The molecule has 9 heteroatoms. The molecule has 276 valence electrons. The molecule has 0 atom stereocenters. The fourth-order valence-electron chi connectivity index (χ4n) is 5.32. The van der Waals surface area contributed by atoms with Crippen molar-refractivity contribution in [2.75, 3.05) is 99.7 Å². The van der Waals surface area contributed by atoms with Gasteiger partial charge in [0.25, 0.3) is 0 Å². The Bertz CT molecular complexity index is 599. The van der Waals surface area contributed by atoms with Crippen LogP contribution >= 0.6 is 0 Å². The van der Waals surface area contributed by atoms with Gasteiger partial charge in [-0.2, -0.15) is 0 Å². The zero-order chi connectivity index (χ0) is 33.6. The summed E-state index contributed by atoms with van der Waals surface area (Å²) in [5.41, 5.74) is 0. The summed E-state index contributed by atoms with van der Waals surface area (Å²) in [4.78, 5) is 17.0. The minimum atomic E-state index is 0.117. The Labute approximate surface area is 286 Å². The fraction of sp³-hybridized carbons (Fsp3) is 0.973. The van der Waals surface area contributed by atoms with Crippen molar-refractivity contribution in [2.45, 2.75) is 136 Å². The number of likely N-dealkylation sites (N-methyl/N-ethyl adjacent to an activating group) is 1. The molecule has 0 unspecified atom stereocenters. The first-order valence-electron chi connectivity index (χ1n) is 19.5. The van der Waals surface area contributed by atoms with Gasteiger partial charge in [0.1, 0.15) is 0 Å². The highest BCUT2D eigenvalue weighted by Gasteiger charge is 2.09. The second-order valence-electron chi connectivity index (χ2n) is 13.3. The predicted molar refractivity (Wildman–Crippen MR) is 198 cm³/mol. The Balaban J connectivity index is 3.65. The normalized spacial score (nSPS) is 11.7. The van der Waals surface area contributed by atoms with Crippen molar-refractivity contribution in [2.24, 2.45) is 0 Å². The summed E-state index contributed by atoms with van der Waals surface area (Å²) in [6.07, 6.45) is 24.6. The first-order valence-corrected chi connectivity index (χ1v) is 19.5. The minimum Gasteiger partial charge on any atom is -0.366 e. The molecule has 0 saturated heterocycles. The molecule has 0 bridgehead atoms. The Kier molecular flexibility index (Phi) is 38.0. The maximum Gasteiger partial charge on any atom is 0.221 e. The van der Waals surface area contributed by atoms with Crippen LogP contribution in [-0.2, 0) is 14.3 Å². The van der Waals surface area contributed by atoms with E-state index < -0.39 is 0 Å². The molecule has 0 spiro atoms. The van der Waals surface area contributed by atoms with Gasteiger partial charge in [-0.1, -0.05) is 117 Å². The van der Waals surface area contributed by atoms with Crippen LogP contribution in [0, 0.1) is 0 Å². The average molecular weight is 657 g/mol. The lowest BCUT2D eigenvalue weighted by Gasteiger charge is -2.24. The van der Waals surface area contributed by atoms with Crippen LogP contribution in [0.2, 0.25) is 0 Å². The van der Waals surface area contributed by atoms with Gasteiger partial charge < -0.3 is 29.9 Å². The van der Waals surface area contributed by atoms with Crippen LogP contribution in [0.15, 0.2) is 0 Å². The summed E-state index contributed by atoms with van der Waals surface area (Å²) in [5, 5.41) is 13.2. The van der Waals surface area contributed by atoms with E-state index in [1.807, 2.05) is 0 Å². The molecule has 0 aromatic carbocycles. The second kappa shape index (κ2) is 38.6. The van der Waals surface area contributed by atoms with Gasteiger partial charge in [-0.3, -0.25) is 15.4 Å². The standard InChI is InChI=1S/C37H80N6O3/c1-5-7-9-11-13-15-17-19-21-33-45-35-39-25-24-38-28-30-43(32-31-42(3)4)29-23-37(44)41-27-26-40-36-46-34-22-20-18-16-14-12-10-8-6-2/h38-40H,5-36H2,1-4H3,(H,41,44). The number of unbranched alkanes of at least 4 members (excludes halogenated alkanes) is 16. The van der Waals surface area contributed by atoms with E-state index in [0.717, 1.165) is 72.0 Å². The van der Waals surface area contributed by atoms with Gasteiger partial charge in [0.15, 0.2) is 0 Å². The molecular formula is C37H80N6O3. The molecule has 0 aromatic heterocycles. The SMILES string of the molecule is CCCCCCCCCCCOCNCCNCCN(CCC(=O)NCCNCOCCCCCCCCCCC)CCN(C)C. The molecule has 4 N–H and O–H groups in total. The number of carbonyl (C=O) groups excluding carboxylic acids is 1. The molecule has 46 heavy (non-hydrogen) atoms. The van der Waals surface area contributed by atoms with Gasteiger partial charge in [-0.25, -0.2) is 0 Å². The molecule has 0 rings (SSSR count). The maximum atomic E-state index is 12.4. The van der Waals surface area contributed by atoms with Crippen molar-refractivity contribution < 1.29 is 14.3 Å². The third-order valence-corrected chi connectivity index (χ3v) is 8.42. The summed E-state index contributed by atoms with van der Waals surface area (Å²) < 4.78 is 11.4. The lowest BCUT2D eigenvalue weighted by atomic mass is 10.1. The van der Waals surface area contributed by atoms with Crippen LogP contribution < -0.4 is 21.3 Å². The lowest BCUT2D eigenvalue weighted by molar-refractivity contribution is -0.121. The van der Waals surface area contributed by atoms with Crippen LogP contribution in [0.1, 0.15) is 136 Å². The van der Waals surface area contributed by atoms with E-state index in [1.165, 1.54) is 109 Å². The fourth-order valence-corrected chi connectivity index (χ4v) is 5.32. The first kappa shape index (κ1) is 45.2. The number of amides is 1. The number of hydrogen-bond donors (Lipinski definition) is 4. The van der Waals surface area contributed by atoms with E-state index in [0.29, 0.717) is 26.4 Å². The van der Waals surface area contributed by atoms with E-state index in [1.54, 1.807) is 0 Å². The van der Waals surface area contributed by atoms with Gasteiger partial charge in [-0.05, 0) is 26.9 Å². The number of nitrogens with one attached hydrogen (secondary N) is 4. The highest BCUT2D eigenvalue weighted by Crippen LogP contribution is 2.10. The highest BCUT2D eigenvalue weighted by molar-refractivity contribution is 5.76. The Morgan fingerprint density at radius 1 is 0.500 bits per heavy atom. The lowest BCUT2D eigenvalue weighted by Crippen LogP contribution is -2.40. The van der Waals surface area contributed by atoms with Gasteiger partial charge in [0.2, 0.25) is 5.91 Å². The van der Waals surface area contributed by atoms with Gasteiger partial charge in [-0.15, -0.1) is 0 Å². The molecule has 0 fully saturated rings. The quantitative estimate of drug-likeness (QED) is 0.0464. The highest BCUT2D eigenvalue weighted by atomic mass is 16.5. The summed E-state index contributed by atoms with van der Waals surface area (Å²) in [6, 6.07) is 0. The smallest absolute Gasteiger partial charge is 0.221 e. The number of nitrogens with zero attached hydrogens (tertiary/aromatic N) is 2. The monoisotopic (exact) mass is 657 g/mol.